The van der Waals surface area contributed by atoms with Crippen molar-refractivity contribution in [3.05, 3.63) is 136 Å². The average molecular weight is 623 g/mol. The average Bonchev–Trinajstić information content (AvgIpc) is 3.67. The number of hydrogen-bond donors (Lipinski definition) is 0. The van der Waals surface area contributed by atoms with Crippen LogP contribution in [-0.2, 0) is 31.4 Å². The fourth-order valence-corrected chi connectivity index (χ4v) is 7.15. The van der Waals surface area contributed by atoms with Crippen LogP contribution in [0, 0.1) is 79.7 Å². The number of rotatable bonds is 9. The second-order valence-electron chi connectivity index (χ2n) is 12.3. The van der Waals surface area contributed by atoms with E-state index in [1.165, 1.54) is 10.6 Å². The standard InChI is InChI=1S/C32H38O3P.C5H5.Fe/c1-23(31(2,3)4)29(27(21-22-33)32(5,6)7)35-30(34)26-19-14-20-28(26)36(24-15-10-8-11-16-24)25-17-12-9-13-18-25;1-2-4-5-3-1;/h8-20,22,27,29H,1,21H2,2-7H3;1-5H;/t27-,29-;;/m0../s1. The van der Waals surface area contributed by atoms with Gasteiger partial charge in [-0.15, -0.1) is 0 Å². The summed E-state index contributed by atoms with van der Waals surface area (Å²) in [6, 6.07) is 20.6. The van der Waals surface area contributed by atoms with E-state index in [0.29, 0.717) is 12.3 Å². The molecule has 10 radical (unpaired) electrons. The van der Waals surface area contributed by atoms with Gasteiger partial charge in [-0.1, -0.05) is 109 Å². The van der Waals surface area contributed by atoms with Crippen LogP contribution in [0.25, 0.3) is 0 Å². The maximum absolute atomic E-state index is 13.8. The molecule has 2 fully saturated rings. The predicted octanol–water partition coefficient (Wildman–Crippen LogP) is 7.64. The Morgan fingerprint density at radius 1 is 0.810 bits per heavy atom. The Hall–Kier alpha value is -1.73. The smallest absolute Gasteiger partial charge is 0.315 e. The number of ether oxygens (including phenoxy) is 1. The SMILES string of the molecule is C=C([C@H](OC(=O)[C]1[CH][CH][CH][C]1P(c1ccccc1)c1ccccc1)[C@H](CC=O)C(C)(C)C)C(C)(C)C.[CH]1[CH][CH][CH][CH]1.[Fe]. The van der Waals surface area contributed by atoms with Crippen LogP contribution >= 0.6 is 7.92 Å². The maximum atomic E-state index is 13.8. The molecular formula is C37H43FeO3P. The number of carbonyl (C=O) groups is 2. The molecule has 0 saturated heterocycles. The fraction of sp³-hybridized carbons (Fsp3) is 0.297. The van der Waals surface area contributed by atoms with Crippen molar-refractivity contribution in [2.45, 2.75) is 54.1 Å². The summed E-state index contributed by atoms with van der Waals surface area (Å²) in [4.78, 5) is 25.5. The third-order valence-corrected chi connectivity index (χ3v) is 9.71. The van der Waals surface area contributed by atoms with Crippen LogP contribution in [0.5, 0.6) is 0 Å². The van der Waals surface area contributed by atoms with E-state index in [0.717, 1.165) is 17.5 Å². The van der Waals surface area contributed by atoms with E-state index in [2.05, 4.69) is 72.4 Å². The van der Waals surface area contributed by atoms with Gasteiger partial charge in [0.05, 0.1) is 0 Å². The molecule has 2 aromatic rings. The molecule has 222 valence electrons. The summed E-state index contributed by atoms with van der Waals surface area (Å²) in [6.07, 6.45) is 16.4. The first-order valence-electron chi connectivity index (χ1n) is 14.1. The van der Waals surface area contributed by atoms with E-state index in [9.17, 15) is 9.59 Å². The largest absolute Gasteiger partial charge is 0.457 e. The first-order chi connectivity index (χ1) is 19.4. The van der Waals surface area contributed by atoms with Crippen LogP contribution in [0.4, 0.5) is 0 Å². The molecule has 0 amide bonds. The van der Waals surface area contributed by atoms with Crippen LogP contribution in [0.2, 0.25) is 0 Å². The van der Waals surface area contributed by atoms with Gasteiger partial charge in [-0.3, -0.25) is 4.79 Å². The minimum atomic E-state index is -0.949. The van der Waals surface area contributed by atoms with E-state index < -0.39 is 14.0 Å². The number of carbonyl (C=O) groups excluding carboxylic acids is 2. The molecule has 4 rings (SSSR count). The Kier molecular flexibility index (Phi) is 14.7. The van der Waals surface area contributed by atoms with E-state index in [-0.39, 0.29) is 39.8 Å². The van der Waals surface area contributed by atoms with Gasteiger partial charge in [-0.05, 0) is 86.3 Å². The predicted molar refractivity (Wildman–Crippen MR) is 172 cm³/mol. The molecule has 0 aromatic heterocycles. The summed E-state index contributed by atoms with van der Waals surface area (Å²) in [5, 5.41) is 2.34. The van der Waals surface area contributed by atoms with Crippen molar-refractivity contribution in [1.29, 1.82) is 0 Å². The third kappa shape index (κ3) is 10.2. The molecule has 0 aliphatic heterocycles. The van der Waals surface area contributed by atoms with Gasteiger partial charge in [0, 0.05) is 35.1 Å². The molecule has 0 N–H and O–H groups in total. The summed E-state index contributed by atoms with van der Waals surface area (Å²) in [5.41, 5.74) is 1.25. The summed E-state index contributed by atoms with van der Waals surface area (Å²) < 4.78 is 6.30. The molecule has 0 spiro atoms. The Labute approximate surface area is 267 Å². The van der Waals surface area contributed by atoms with E-state index >= 15 is 0 Å². The van der Waals surface area contributed by atoms with Crippen molar-refractivity contribution in [2.75, 3.05) is 0 Å². The van der Waals surface area contributed by atoms with Crippen LogP contribution in [0.1, 0.15) is 48.0 Å². The topological polar surface area (TPSA) is 43.4 Å². The van der Waals surface area contributed by atoms with Crippen molar-refractivity contribution in [3.63, 3.8) is 0 Å². The summed E-state index contributed by atoms with van der Waals surface area (Å²) in [6.45, 7) is 16.8. The number of benzene rings is 2. The molecule has 2 saturated carbocycles. The minimum Gasteiger partial charge on any atom is -0.457 e. The van der Waals surface area contributed by atoms with Crippen LogP contribution < -0.4 is 10.6 Å². The number of esters is 1. The normalized spacial score (nSPS) is 17.5. The van der Waals surface area contributed by atoms with Gasteiger partial charge in [-0.25, -0.2) is 0 Å². The van der Waals surface area contributed by atoms with Crippen LogP contribution in [0.15, 0.2) is 72.8 Å². The van der Waals surface area contributed by atoms with Gasteiger partial charge in [0.25, 0.3) is 0 Å². The summed E-state index contributed by atoms with van der Waals surface area (Å²) in [5.74, 6) is 0.0121. The zero-order chi connectivity index (χ0) is 30.0. The van der Waals surface area contributed by atoms with Crippen molar-refractivity contribution in [2.24, 2.45) is 16.7 Å². The fourth-order valence-electron chi connectivity index (χ4n) is 4.72. The second kappa shape index (κ2) is 16.9. The quantitative estimate of drug-likeness (QED) is 0.0950. The van der Waals surface area contributed by atoms with E-state index in [4.69, 9.17) is 4.74 Å². The third-order valence-electron chi connectivity index (χ3n) is 7.21. The number of aldehydes is 1. The Balaban J connectivity index is 0.000000927. The molecule has 5 heteroatoms. The zero-order valence-electron chi connectivity index (χ0n) is 25.6. The van der Waals surface area contributed by atoms with Gasteiger partial charge in [0.15, 0.2) is 0 Å². The molecule has 2 aliphatic rings. The zero-order valence-corrected chi connectivity index (χ0v) is 27.6. The van der Waals surface area contributed by atoms with Crippen LogP contribution in [0.3, 0.4) is 0 Å². The molecule has 0 bridgehead atoms. The first kappa shape index (κ1) is 36.5. The van der Waals surface area contributed by atoms with Crippen molar-refractivity contribution in [1.82, 2.24) is 0 Å². The van der Waals surface area contributed by atoms with Gasteiger partial charge in [0.1, 0.15) is 18.3 Å². The molecular weight excluding hydrogens is 579 g/mol. The minimum absolute atomic E-state index is 0. The van der Waals surface area contributed by atoms with Crippen molar-refractivity contribution < 1.29 is 31.4 Å². The second-order valence-corrected chi connectivity index (χ2v) is 14.5. The van der Waals surface area contributed by atoms with Gasteiger partial charge >= 0.3 is 5.97 Å². The summed E-state index contributed by atoms with van der Waals surface area (Å²) >= 11 is 0. The molecule has 2 aliphatic carbocycles. The molecule has 42 heavy (non-hydrogen) atoms. The molecule has 2 aromatic carbocycles. The van der Waals surface area contributed by atoms with E-state index in [1.807, 2.05) is 87.8 Å². The van der Waals surface area contributed by atoms with Crippen molar-refractivity contribution in [3.8, 4) is 0 Å². The van der Waals surface area contributed by atoms with Gasteiger partial charge in [0.2, 0.25) is 0 Å². The Morgan fingerprint density at radius 3 is 1.69 bits per heavy atom. The van der Waals surface area contributed by atoms with Gasteiger partial charge < -0.3 is 9.53 Å². The van der Waals surface area contributed by atoms with E-state index in [1.54, 1.807) is 0 Å². The maximum Gasteiger partial charge on any atom is 0.315 e. The number of hydrogen-bond acceptors (Lipinski definition) is 3. The summed E-state index contributed by atoms with van der Waals surface area (Å²) in [7, 11) is -0.949. The van der Waals surface area contributed by atoms with Crippen molar-refractivity contribution >= 4 is 30.8 Å². The molecule has 3 nitrogen and oxygen atoms in total. The monoisotopic (exact) mass is 622 g/mol. The van der Waals surface area contributed by atoms with Crippen LogP contribution in [-0.4, -0.2) is 18.4 Å². The first-order valence-corrected chi connectivity index (χ1v) is 15.5. The molecule has 0 heterocycles. The molecule has 0 unspecified atom stereocenters. The van der Waals surface area contributed by atoms with Gasteiger partial charge in [-0.2, -0.15) is 0 Å². The Morgan fingerprint density at radius 2 is 1.29 bits per heavy atom. The molecule has 2 atom stereocenters. The Bertz CT molecular complexity index is 1050.